The van der Waals surface area contributed by atoms with Crippen molar-refractivity contribution >= 4 is 6.71 Å². The monoisotopic (exact) mass is 259 g/mol. The predicted molar refractivity (Wildman–Crippen MR) is 85.3 cm³/mol. The molecule has 0 spiro atoms. The molecule has 4 bridgehead atoms. The zero-order chi connectivity index (χ0) is 13.2. The van der Waals surface area contributed by atoms with Gasteiger partial charge in [0.25, 0.3) is 0 Å². The minimum absolute atomic E-state index is 0.183. The van der Waals surface area contributed by atoms with Gasteiger partial charge in [-0.1, -0.05) is 71.6 Å². The minimum atomic E-state index is 0.183. The van der Waals surface area contributed by atoms with Gasteiger partial charge in [-0.25, -0.2) is 0 Å². The standard InChI is InChI=1S/C18H32B/c1-12-16-10-13(18(16,2)3)11-17(12)19-14-6-4-7-15(19)9-5-8-14/h12-17,19H,4-11H2,1-3H3/q-1/t12-,13+,14?,15?,16-,17-,19?/m0/s1. The normalized spacial score (nSPS) is 55.4. The van der Waals surface area contributed by atoms with E-state index in [0.717, 1.165) is 17.8 Å². The van der Waals surface area contributed by atoms with Crippen LogP contribution < -0.4 is 0 Å². The van der Waals surface area contributed by atoms with E-state index in [1.807, 2.05) is 0 Å². The molecule has 2 saturated heterocycles. The zero-order valence-corrected chi connectivity index (χ0v) is 13.3. The molecule has 2 heterocycles. The van der Waals surface area contributed by atoms with E-state index in [-0.39, 0.29) is 6.71 Å². The van der Waals surface area contributed by atoms with E-state index in [1.165, 1.54) is 17.5 Å². The maximum absolute atomic E-state index is 2.64. The van der Waals surface area contributed by atoms with Gasteiger partial charge >= 0.3 is 0 Å². The molecule has 0 radical (unpaired) electrons. The van der Waals surface area contributed by atoms with Gasteiger partial charge in [0.2, 0.25) is 0 Å². The molecule has 2 aliphatic heterocycles. The van der Waals surface area contributed by atoms with Crippen molar-refractivity contribution in [3.8, 4) is 0 Å². The predicted octanol–water partition coefficient (Wildman–Crippen LogP) is 5.39. The summed E-state index contributed by atoms with van der Waals surface area (Å²) < 4.78 is 0. The summed E-state index contributed by atoms with van der Waals surface area (Å²) in [4.78, 5) is 0. The molecule has 0 nitrogen and oxygen atoms in total. The summed E-state index contributed by atoms with van der Waals surface area (Å²) in [5, 5.41) is 0. The molecule has 0 amide bonds. The Kier molecular flexibility index (Phi) is 2.88. The first-order chi connectivity index (χ1) is 9.09. The first-order valence-electron chi connectivity index (χ1n) is 9.31. The van der Waals surface area contributed by atoms with Gasteiger partial charge in [-0.15, -0.1) is 0 Å². The van der Waals surface area contributed by atoms with Gasteiger partial charge < -0.3 is 0 Å². The van der Waals surface area contributed by atoms with Crippen LogP contribution in [0.4, 0.5) is 0 Å². The molecule has 0 unspecified atom stereocenters. The fourth-order valence-corrected chi connectivity index (χ4v) is 7.83. The van der Waals surface area contributed by atoms with Gasteiger partial charge in [-0.2, -0.15) is 17.5 Å². The second-order valence-electron chi connectivity index (χ2n) is 9.52. The van der Waals surface area contributed by atoms with Crippen LogP contribution in [0, 0.1) is 23.2 Å². The van der Waals surface area contributed by atoms with E-state index in [2.05, 4.69) is 20.8 Å². The molecule has 5 fully saturated rings. The van der Waals surface area contributed by atoms with Crippen molar-refractivity contribution in [1.29, 1.82) is 0 Å². The van der Waals surface area contributed by atoms with Gasteiger partial charge in [-0.05, 0) is 30.4 Å². The molecule has 0 aromatic heterocycles. The van der Waals surface area contributed by atoms with Crippen LogP contribution >= 0.6 is 0 Å². The van der Waals surface area contributed by atoms with Crippen LogP contribution in [0.2, 0.25) is 17.5 Å². The van der Waals surface area contributed by atoms with Crippen molar-refractivity contribution in [1.82, 2.24) is 0 Å². The van der Waals surface area contributed by atoms with Crippen molar-refractivity contribution in [2.75, 3.05) is 0 Å². The van der Waals surface area contributed by atoms with Crippen LogP contribution in [0.3, 0.4) is 0 Å². The summed E-state index contributed by atoms with van der Waals surface area (Å²) in [6, 6.07) is 0. The molecule has 0 N–H and O–H groups in total. The lowest BCUT2D eigenvalue weighted by Gasteiger charge is -2.67. The lowest BCUT2D eigenvalue weighted by atomic mass is 9.18. The van der Waals surface area contributed by atoms with Gasteiger partial charge in [0.15, 0.2) is 0 Å². The second-order valence-corrected chi connectivity index (χ2v) is 9.52. The Balaban J connectivity index is 1.57. The third-order valence-corrected chi connectivity index (χ3v) is 8.90. The van der Waals surface area contributed by atoms with E-state index in [9.17, 15) is 0 Å². The highest BCUT2D eigenvalue weighted by Gasteiger charge is 2.56. The molecule has 19 heavy (non-hydrogen) atoms. The molecule has 3 aliphatic carbocycles. The van der Waals surface area contributed by atoms with E-state index < -0.39 is 0 Å². The van der Waals surface area contributed by atoms with Crippen LogP contribution in [-0.2, 0) is 0 Å². The van der Waals surface area contributed by atoms with Crippen molar-refractivity contribution in [2.24, 2.45) is 23.2 Å². The Labute approximate surface area is 120 Å². The van der Waals surface area contributed by atoms with Crippen LogP contribution in [0.1, 0.15) is 72.1 Å². The number of hydrogen-bond acceptors (Lipinski definition) is 0. The Morgan fingerprint density at radius 1 is 0.895 bits per heavy atom. The Hall–Kier alpha value is 0.0649. The zero-order valence-electron chi connectivity index (χ0n) is 13.3. The summed E-state index contributed by atoms with van der Waals surface area (Å²) in [6.07, 6.45) is 12.8. The highest BCUT2D eigenvalue weighted by atomic mass is 14.6. The highest BCUT2D eigenvalue weighted by Crippen LogP contribution is 2.67. The van der Waals surface area contributed by atoms with E-state index in [1.54, 1.807) is 51.4 Å². The van der Waals surface area contributed by atoms with Crippen LogP contribution in [0.15, 0.2) is 0 Å². The summed E-state index contributed by atoms with van der Waals surface area (Å²) in [5.41, 5.74) is 0.694. The van der Waals surface area contributed by atoms with E-state index in [0.29, 0.717) is 5.41 Å². The second kappa shape index (κ2) is 4.28. The number of hydrogen-bond donors (Lipinski definition) is 0. The van der Waals surface area contributed by atoms with Crippen LogP contribution in [0.25, 0.3) is 0 Å². The summed E-state index contributed by atoms with van der Waals surface area (Å²) in [6.45, 7) is 7.96. The third-order valence-electron chi connectivity index (χ3n) is 8.90. The van der Waals surface area contributed by atoms with Gasteiger partial charge in [-0.3, -0.25) is 0 Å². The highest BCUT2D eigenvalue weighted by molar-refractivity contribution is 6.64. The summed E-state index contributed by atoms with van der Waals surface area (Å²) in [5.74, 6) is 6.83. The van der Waals surface area contributed by atoms with Gasteiger partial charge in [0, 0.05) is 0 Å². The van der Waals surface area contributed by atoms with E-state index in [4.69, 9.17) is 0 Å². The number of rotatable bonds is 1. The Morgan fingerprint density at radius 2 is 1.47 bits per heavy atom. The average Bonchev–Trinajstić information content (AvgIpc) is 2.37. The molecule has 4 atom stereocenters. The van der Waals surface area contributed by atoms with Gasteiger partial charge in [0.05, 0.1) is 0 Å². The number of fused-ring (bicyclic) bond motifs is 5. The van der Waals surface area contributed by atoms with Crippen LogP contribution in [0.5, 0.6) is 0 Å². The fourth-order valence-electron chi connectivity index (χ4n) is 7.83. The molecule has 5 aliphatic rings. The summed E-state index contributed by atoms with van der Waals surface area (Å²) >= 11 is 0. The first kappa shape index (κ1) is 12.8. The molecule has 1 heteroatoms. The van der Waals surface area contributed by atoms with Crippen LogP contribution in [-0.4, -0.2) is 6.71 Å². The molecule has 0 aromatic rings. The lowest BCUT2D eigenvalue weighted by Crippen LogP contribution is -2.57. The fraction of sp³-hybridized carbons (Fsp3) is 1.00. The molecule has 0 aromatic carbocycles. The Bertz CT molecular complexity index is 339. The quantitative estimate of drug-likeness (QED) is 0.553. The Morgan fingerprint density at radius 3 is 1.95 bits per heavy atom. The van der Waals surface area contributed by atoms with Crippen molar-refractivity contribution in [3.05, 3.63) is 0 Å². The third kappa shape index (κ3) is 1.72. The largest absolute Gasteiger partial charge is 0.169 e. The molecule has 3 saturated carbocycles. The topological polar surface area (TPSA) is 0 Å². The first-order valence-corrected chi connectivity index (χ1v) is 9.31. The van der Waals surface area contributed by atoms with Gasteiger partial charge in [0.1, 0.15) is 0 Å². The molecular formula is C18H32B-. The maximum atomic E-state index is 2.64. The smallest absolute Gasteiger partial charge is 0.00628 e. The van der Waals surface area contributed by atoms with Crippen molar-refractivity contribution < 1.29 is 0 Å². The lowest BCUT2D eigenvalue weighted by molar-refractivity contribution is -0.0998. The van der Waals surface area contributed by atoms with Crippen molar-refractivity contribution in [3.63, 3.8) is 0 Å². The molecule has 5 rings (SSSR count). The summed E-state index contributed by atoms with van der Waals surface area (Å²) in [7, 11) is 0. The average molecular weight is 259 g/mol. The van der Waals surface area contributed by atoms with Crippen molar-refractivity contribution in [2.45, 2.75) is 89.6 Å². The molecule has 108 valence electrons. The maximum Gasteiger partial charge on any atom is -0.00628 e. The molecular weight excluding hydrogens is 227 g/mol. The van der Waals surface area contributed by atoms with E-state index >= 15 is 0 Å². The minimum Gasteiger partial charge on any atom is -0.169 e. The SMILES string of the molecule is C[C@@H]1[C@@H]([BH-]2C3CCCC2CCC3)C[C@H]2C[C@@H]1C2(C)C.